The second-order valence-electron chi connectivity index (χ2n) is 2.87. The van der Waals surface area contributed by atoms with E-state index in [2.05, 4.69) is 4.72 Å². The van der Waals surface area contributed by atoms with Crippen LogP contribution in [0.3, 0.4) is 0 Å². The molecule has 1 N–H and O–H groups in total. The molecule has 0 amide bonds. The third-order valence-electron chi connectivity index (χ3n) is 1.90. The molecule has 0 aliphatic rings. The Morgan fingerprint density at radius 1 is 1.38 bits per heavy atom. The van der Waals surface area contributed by atoms with Gasteiger partial charge in [0.25, 0.3) is 0 Å². The van der Waals surface area contributed by atoms with Crippen molar-refractivity contribution in [3.8, 4) is 0 Å². The smallest absolute Gasteiger partial charge is 0.768 e. The fraction of sp³-hybridized carbons (Fsp3) is 0.250. The molecule has 0 heterocycles. The van der Waals surface area contributed by atoms with E-state index in [9.17, 15) is 17.2 Å². The van der Waals surface area contributed by atoms with Crippen molar-refractivity contribution in [3.63, 3.8) is 0 Å². The second kappa shape index (κ2) is 6.25. The molecule has 0 saturated carbocycles. The summed E-state index contributed by atoms with van der Waals surface area (Å²) in [5, 5.41) is 0. The van der Waals surface area contributed by atoms with Gasteiger partial charge in [0.05, 0.1) is 4.90 Å². The van der Waals surface area contributed by atoms with Crippen LogP contribution < -0.4 is 34.3 Å². The molecule has 0 aliphatic heterocycles. The van der Waals surface area contributed by atoms with E-state index in [1.54, 1.807) is 6.92 Å². The fourth-order valence-corrected chi connectivity index (χ4v) is 2.54. The monoisotopic (exact) mass is 271 g/mol. The summed E-state index contributed by atoms with van der Waals surface area (Å²) in [4.78, 5) is 0.154. The van der Waals surface area contributed by atoms with Crippen molar-refractivity contribution in [2.24, 2.45) is 0 Å². The molecule has 1 rings (SSSR count). The first-order valence-electron chi connectivity index (χ1n) is 4.02. The molecule has 0 aliphatic carbocycles. The summed E-state index contributed by atoms with van der Waals surface area (Å²) >= 11 is -2.34. The van der Waals surface area contributed by atoms with E-state index in [-0.39, 0.29) is 39.3 Å². The van der Waals surface area contributed by atoms with Crippen LogP contribution in [0.15, 0.2) is 28.0 Å². The van der Waals surface area contributed by atoms with E-state index in [1.807, 2.05) is 0 Å². The molecule has 16 heavy (non-hydrogen) atoms. The molecule has 1 aromatic carbocycles. The van der Waals surface area contributed by atoms with E-state index in [4.69, 9.17) is 0 Å². The Kier molecular flexibility index (Phi) is 6.34. The van der Waals surface area contributed by atoms with Gasteiger partial charge in [0.15, 0.2) is 0 Å². The Balaban J connectivity index is 0.00000225. The van der Waals surface area contributed by atoms with Gasteiger partial charge in [0.2, 0.25) is 10.0 Å². The van der Waals surface area contributed by atoms with Gasteiger partial charge < -0.3 is 4.55 Å². The number of aryl methyl sites for hydroxylation is 1. The molecule has 0 fully saturated rings. The predicted molar refractivity (Wildman–Crippen MR) is 54.6 cm³/mol. The van der Waals surface area contributed by atoms with Gasteiger partial charge in [-0.05, 0) is 48.8 Å². The molecule has 0 spiro atoms. The molecule has 1 aromatic rings. The van der Waals surface area contributed by atoms with Gasteiger partial charge in [-0.1, -0.05) is 0 Å². The van der Waals surface area contributed by atoms with Crippen molar-refractivity contribution >= 4 is 21.1 Å². The topological polar surface area (TPSA) is 86.3 Å². The Bertz CT molecular complexity index is 501. The Morgan fingerprint density at radius 3 is 2.31 bits per heavy atom. The minimum absolute atomic E-state index is 0. The van der Waals surface area contributed by atoms with Crippen LogP contribution in [0.25, 0.3) is 0 Å². The van der Waals surface area contributed by atoms with Gasteiger partial charge in [-0.2, -0.15) is 0 Å². The van der Waals surface area contributed by atoms with Gasteiger partial charge >= 0.3 is 29.6 Å². The Morgan fingerprint density at radius 2 is 1.94 bits per heavy atom. The molecule has 1 unspecified atom stereocenters. The van der Waals surface area contributed by atoms with Crippen LogP contribution in [-0.4, -0.2) is 24.2 Å². The molecule has 84 valence electrons. The van der Waals surface area contributed by atoms with E-state index in [1.165, 1.54) is 25.2 Å². The van der Waals surface area contributed by atoms with Gasteiger partial charge in [0.1, 0.15) is 0 Å². The first kappa shape index (κ1) is 16.2. The maximum Gasteiger partial charge on any atom is 1.00 e. The Labute approximate surface area is 119 Å². The number of hydrogen-bond donors (Lipinski definition) is 1. The van der Waals surface area contributed by atoms with Crippen molar-refractivity contribution in [1.29, 1.82) is 0 Å². The number of nitrogens with one attached hydrogen (secondary N) is 1. The van der Waals surface area contributed by atoms with Crippen LogP contribution in [0, 0.1) is 6.92 Å². The van der Waals surface area contributed by atoms with Crippen LogP contribution in [0.5, 0.6) is 0 Å². The SMILES string of the molecule is CNS(=O)(=O)c1ccc(S(=O)[O-])cc1C.[Na+]. The van der Waals surface area contributed by atoms with Crippen molar-refractivity contribution in [2.45, 2.75) is 16.7 Å². The van der Waals surface area contributed by atoms with Crippen molar-refractivity contribution in [3.05, 3.63) is 23.8 Å². The third kappa shape index (κ3) is 3.63. The van der Waals surface area contributed by atoms with Crippen LogP contribution in [0.4, 0.5) is 0 Å². The largest absolute Gasteiger partial charge is 1.00 e. The third-order valence-corrected chi connectivity index (χ3v) is 4.11. The minimum atomic E-state index is -3.52. The minimum Gasteiger partial charge on any atom is -0.768 e. The summed E-state index contributed by atoms with van der Waals surface area (Å²) in [5.74, 6) is 0. The van der Waals surface area contributed by atoms with Gasteiger partial charge in [0, 0.05) is 4.90 Å². The molecular formula is C8H10NNaO4S2. The van der Waals surface area contributed by atoms with E-state index < -0.39 is 21.1 Å². The molecule has 0 saturated heterocycles. The average molecular weight is 271 g/mol. The molecule has 0 aromatic heterocycles. The van der Waals surface area contributed by atoms with Crippen LogP contribution in [-0.2, 0) is 21.1 Å². The van der Waals surface area contributed by atoms with E-state index >= 15 is 0 Å². The second-order valence-corrected chi connectivity index (χ2v) is 5.67. The number of hydrogen-bond acceptors (Lipinski definition) is 4. The summed E-state index contributed by atoms with van der Waals surface area (Å²) in [5.41, 5.74) is 0.394. The average Bonchev–Trinajstić information content (AvgIpc) is 2.17. The summed E-state index contributed by atoms with van der Waals surface area (Å²) in [7, 11) is -2.22. The van der Waals surface area contributed by atoms with Gasteiger partial charge in [-0.15, -0.1) is 0 Å². The number of sulfonamides is 1. The fourth-order valence-electron chi connectivity index (χ4n) is 1.14. The van der Waals surface area contributed by atoms with Crippen LogP contribution >= 0.6 is 0 Å². The summed E-state index contributed by atoms with van der Waals surface area (Å²) in [6, 6.07) is 3.83. The zero-order valence-electron chi connectivity index (χ0n) is 9.18. The van der Waals surface area contributed by atoms with Crippen molar-refractivity contribution < 1.29 is 46.7 Å². The summed E-state index contributed by atoms with van der Waals surface area (Å²) in [6.45, 7) is 1.54. The number of rotatable bonds is 3. The first-order valence-corrected chi connectivity index (χ1v) is 6.58. The standard InChI is InChI=1S/C8H11NO4S2.Na/c1-6-5-7(14(10)11)3-4-8(6)15(12,13)9-2;/h3-5,9H,1-2H3,(H,10,11);/q;+1/p-1. The molecule has 0 radical (unpaired) electrons. The zero-order chi connectivity index (χ0) is 11.6. The van der Waals surface area contributed by atoms with E-state index in [0.717, 1.165) is 0 Å². The van der Waals surface area contributed by atoms with Crippen LogP contribution in [0.2, 0.25) is 0 Å². The first-order chi connectivity index (χ1) is 6.88. The van der Waals surface area contributed by atoms with Gasteiger partial charge in [-0.25, -0.2) is 13.1 Å². The maximum absolute atomic E-state index is 11.4. The van der Waals surface area contributed by atoms with Crippen LogP contribution in [0.1, 0.15) is 5.56 Å². The Hall–Kier alpha value is 0.240. The molecule has 1 atom stereocenters. The quantitative estimate of drug-likeness (QED) is 0.473. The normalized spacial score (nSPS) is 12.9. The van der Waals surface area contributed by atoms with Gasteiger partial charge in [-0.3, -0.25) is 4.21 Å². The molecular weight excluding hydrogens is 261 g/mol. The molecule has 0 bridgehead atoms. The molecule has 8 heteroatoms. The van der Waals surface area contributed by atoms with E-state index in [0.29, 0.717) is 5.56 Å². The number of benzene rings is 1. The summed E-state index contributed by atoms with van der Waals surface area (Å²) in [6.07, 6.45) is 0. The summed E-state index contributed by atoms with van der Waals surface area (Å²) < 4.78 is 46.3. The van der Waals surface area contributed by atoms with Crippen molar-refractivity contribution in [2.75, 3.05) is 7.05 Å². The van der Waals surface area contributed by atoms with Crippen molar-refractivity contribution in [1.82, 2.24) is 4.72 Å². The zero-order valence-corrected chi connectivity index (χ0v) is 12.8. The maximum atomic E-state index is 11.4. The predicted octanol–water partition coefficient (Wildman–Crippen LogP) is -2.85. The molecule has 5 nitrogen and oxygen atoms in total.